The first-order valence-corrected chi connectivity index (χ1v) is 10.5. The molecule has 0 atom stereocenters. The molecule has 136 valence electrons. The van der Waals surface area contributed by atoms with E-state index in [4.69, 9.17) is 4.74 Å². The Kier molecular flexibility index (Phi) is 5.70. The molecule has 0 saturated heterocycles. The zero-order valence-electron chi connectivity index (χ0n) is 14.6. The molecule has 0 spiro atoms. The van der Waals surface area contributed by atoms with Gasteiger partial charge in [-0.3, -0.25) is 0 Å². The van der Waals surface area contributed by atoms with E-state index in [1.165, 1.54) is 0 Å². The summed E-state index contributed by atoms with van der Waals surface area (Å²) >= 11 is 1.54. The van der Waals surface area contributed by atoms with E-state index in [0.29, 0.717) is 13.0 Å². The number of hydrogen-bond acceptors (Lipinski definition) is 5. The Morgan fingerprint density at radius 3 is 2.62 bits per heavy atom. The first-order valence-electron chi connectivity index (χ1n) is 8.13. The number of nitrogens with one attached hydrogen (secondary N) is 1. The quantitative estimate of drug-likeness (QED) is 0.671. The van der Waals surface area contributed by atoms with Crippen LogP contribution in [0.2, 0.25) is 0 Å². The predicted octanol–water partition coefficient (Wildman–Crippen LogP) is 3.65. The average Bonchev–Trinajstić information content (AvgIpc) is 3.10. The van der Waals surface area contributed by atoms with Gasteiger partial charge in [0.25, 0.3) is 0 Å². The Balaban J connectivity index is 1.61. The van der Waals surface area contributed by atoms with Crippen molar-refractivity contribution in [1.82, 2.24) is 9.71 Å². The summed E-state index contributed by atoms with van der Waals surface area (Å²) in [7, 11) is -1.86. The third-order valence-electron chi connectivity index (χ3n) is 3.86. The molecule has 3 aromatic rings. The van der Waals surface area contributed by atoms with E-state index in [-0.39, 0.29) is 4.90 Å². The van der Waals surface area contributed by atoms with Gasteiger partial charge >= 0.3 is 0 Å². The lowest BCUT2D eigenvalue weighted by Crippen LogP contribution is -2.26. The summed E-state index contributed by atoms with van der Waals surface area (Å²) < 4.78 is 32.4. The fourth-order valence-electron chi connectivity index (χ4n) is 2.47. The third kappa shape index (κ3) is 4.49. The topological polar surface area (TPSA) is 68.3 Å². The fraction of sp³-hybridized carbons (Fsp3) is 0.211. The summed E-state index contributed by atoms with van der Waals surface area (Å²) in [6, 6.07) is 14.6. The van der Waals surface area contributed by atoms with Gasteiger partial charge in [0.1, 0.15) is 10.8 Å². The number of hydrogen-bond donors (Lipinski definition) is 1. The summed E-state index contributed by atoms with van der Waals surface area (Å²) in [5.41, 5.74) is 2.80. The molecule has 0 radical (unpaired) electrons. The molecular formula is C19H20N2O3S2. The first kappa shape index (κ1) is 18.6. The van der Waals surface area contributed by atoms with Gasteiger partial charge in [0.2, 0.25) is 10.0 Å². The lowest BCUT2D eigenvalue weighted by Gasteiger charge is -2.06. The summed E-state index contributed by atoms with van der Waals surface area (Å²) in [5.74, 6) is 0.802. The zero-order chi connectivity index (χ0) is 18.6. The van der Waals surface area contributed by atoms with Crippen LogP contribution in [0, 0.1) is 6.92 Å². The van der Waals surface area contributed by atoms with E-state index >= 15 is 0 Å². The molecule has 0 bridgehead atoms. The molecule has 0 fully saturated rings. The van der Waals surface area contributed by atoms with Gasteiger partial charge in [0.15, 0.2) is 0 Å². The van der Waals surface area contributed by atoms with E-state index in [0.717, 1.165) is 27.6 Å². The molecule has 2 aromatic carbocycles. The van der Waals surface area contributed by atoms with Crippen LogP contribution in [0.5, 0.6) is 5.75 Å². The van der Waals surface area contributed by atoms with Crippen molar-refractivity contribution in [3.63, 3.8) is 0 Å². The molecule has 0 saturated carbocycles. The smallest absolute Gasteiger partial charge is 0.240 e. The minimum Gasteiger partial charge on any atom is -0.497 e. The molecule has 0 aliphatic carbocycles. The molecule has 5 nitrogen and oxygen atoms in total. The second kappa shape index (κ2) is 7.99. The largest absolute Gasteiger partial charge is 0.497 e. The molecule has 7 heteroatoms. The standard InChI is InChI=1S/C19H20N2O3S2/c1-14-4-3-5-18(12-14)26(22,23)20-11-10-16-13-25-19(21-16)15-6-8-17(24-2)9-7-15/h3-9,12-13,20H,10-11H2,1-2H3. The molecular weight excluding hydrogens is 368 g/mol. The maximum absolute atomic E-state index is 12.3. The number of benzene rings is 2. The van der Waals surface area contributed by atoms with Gasteiger partial charge < -0.3 is 4.74 Å². The Morgan fingerprint density at radius 2 is 1.92 bits per heavy atom. The van der Waals surface area contributed by atoms with Crippen molar-refractivity contribution >= 4 is 21.4 Å². The molecule has 1 aromatic heterocycles. The first-order chi connectivity index (χ1) is 12.5. The van der Waals surface area contributed by atoms with Gasteiger partial charge in [-0.25, -0.2) is 18.1 Å². The normalized spacial score (nSPS) is 11.5. The van der Waals surface area contributed by atoms with Crippen molar-refractivity contribution in [3.8, 4) is 16.3 Å². The lowest BCUT2D eigenvalue weighted by molar-refractivity contribution is 0.415. The van der Waals surface area contributed by atoms with Crippen LogP contribution in [0.15, 0.2) is 58.8 Å². The molecule has 0 amide bonds. The van der Waals surface area contributed by atoms with Crippen LogP contribution in [0.1, 0.15) is 11.3 Å². The minimum absolute atomic E-state index is 0.287. The monoisotopic (exact) mass is 388 g/mol. The van der Waals surface area contributed by atoms with E-state index in [2.05, 4.69) is 9.71 Å². The number of nitrogens with zero attached hydrogens (tertiary/aromatic N) is 1. The van der Waals surface area contributed by atoms with Crippen molar-refractivity contribution in [1.29, 1.82) is 0 Å². The van der Waals surface area contributed by atoms with E-state index < -0.39 is 10.0 Å². The van der Waals surface area contributed by atoms with E-state index in [9.17, 15) is 8.42 Å². The van der Waals surface area contributed by atoms with Crippen molar-refractivity contribution in [2.24, 2.45) is 0 Å². The van der Waals surface area contributed by atoms with Crippen LogP contribution >= 0.6 is 11.3 Å². The van der Waals surface area contributed by atoms with Crippen molar-refractivity contribution in [2.45, 2.75) is 18.2 Å². The summed E-state index contributed by atoms with van der Waals surface area (Å²) in [5, 5.41) is 2.87. The number of aryl methyl sites for hydroxylation is 1. The van der Waals surface area contributed by atoms with Crippen LogP contribution in [-0.2, 0) is 16.4 Å². The average molecular weight is 389 g/mol. The number of ether oxygens (including phenoxy) is 1. The van der Waals surface area contributed by atoms with Crippen molar-refractivity contribution in [3.05, 3.63) is 65.2 Å². The Bertz CT molecular complexity index is 980. The maximum Gasteiger partial charge on any atom is 0.240 e. The maximum atomic E-state index is 12.3. The zero-order valence-corrected chi connectivity index (χ0v) is 16.2. The van der Waals surface area contributed by atoms with Gasteiger partial charge in [-0.15, -0.1) is 11.3 Å². The lowest BCUT2D eigenvalue weighted by atomic mass is 10.2. The van der Waals surface area contributed by atoms with Gasteiger partial charge in [-0.2, -0.15) is 0 Å². The molecule has 1 N–H and O–H groups in total. The van der Waals surface area contributed by atoms with Crippen LogP contribution in [-0.4, -0.2) is 27.1 Å². The van der Waals surface area contributed by atoms with Crippen molar-refractivity contribution < 1.29 is 13.2 Å². The summed E-state index contributed by atoms with van der Waals surface area (Å²) in [6.07, 6.45) is 0.539. The van der Waals surface area contributed by atoms with E-state index in [1.807, 2.05) is 42.6 Å². The number of rotatable bonds is 7. The Morgan fingerprint density at radius 1 is 1.15 bits per heavy atom. The van der Waals surface area contributed by atoms with Crippen molar-refractivity contribution in [2.75, 3.05) is 13.7 Å². The van der Waals surface area contributed by atoms with E-state index in [1.54, 1.807) is 36.6 Å². The van der Waals surface area contributed by atoms with Crippen LogP contribution in [0.3, 0.4) is 0 Å². The van der Waals surface area contributed by atoms with Gasteiger partial charge in [-0.1, -0.05) is 12.1 Å². The molecule has 1 heterocycles. The number of thiazole rings is 1. The van der Waals surface area contributed by atoms with Crippen LogP contribution in [0.4, 0.5) is 0 Å². The SMILES string of the molecule is COc1ccc(-c2nc(CCNS(=O)(=O)c3cccc(C)c3)cs2)cc1. The number of aromatic nitrogens is 1. The van der Waals surface area contributed by atoms with Gasteiger partial charge in [0, 0.05) is 23.9 Å². The molecule has 26 heavy (non-hydrogen) atoms. The Hall–Kier alpha value is -2.22. The van der Waals surface area contributed by atoms with Gasteiger partial charge in [0.05, 0.1) is 17.7 Å². The van der Waals surface area contributed by atoms with Gasteiger partial charge in [-0.05, 0) is 48.9 Å². The summed E-state index contributed by atoms with van der Waals surface area (Å²) in [6.45, 7) is 2.18. The Labute approximate surface area is 157 Å². The fourth-order valence-corrected chi connectivity index (χ4v) is 4.46. The minimum atomic E-state index is -3.49. The molecule has 3 rings (SSSR count). The highest BCUT2D eigenvalue weighted by molar-refractivity contribution is 7.89. The highest BCUT2D eigenvalue weighted by Gasteiger charge is 2.13. The number of methoxy groups -OCH3 is 1. The van der Waals surface area contributed by atoms with Crippen LogP contribution < -0.4 is 9.46 Å². The third-order valence-corrected chi connectivity index (χ3v) is 6.26. The molecule has 0 unspecified atom stereocenters. The van der Waals surface area contributed by atoms with Crippen LogP contribution in [0.25, 0.3) is 10.6 Å². The number of sulfonamides is 1. The predicted molar refractivity (Wildman–Crippen MR) is 104 cm³/mol. The molecule has 0 aliphatic rings. The second-order valence-corrected chi connectivity index (χ2v) is 8.46. The second-order valence-electron chi connectivity index (χ2n) is 5.84. The highest BCUT2D eigenvalue weighted by Crippen LogP contribution is 2.25. The highest BCUT2D eigenvalue weighted by atomic mass is 32.2. The molecule has 0 aliphatic heterocycles. The summed E-state index contributed by atoms with van der Waals surface area (Å²) in [4.78, 5) is 4.87.